The summed E-state index contributed by atoms with van der Waals surface area (Å²) in [6.07, 6.45) is 4.73. The van der Waals surface area contributed by atoms with Crippen molar-refractivity contribution in [2.75, 3.05) is 13.7 Å². The molecule has 1 aromatic heterocycles. The van der Waals surface area contributed by atoms with E-state index in [0.29, 0.717) is 28.8 Å². The number of methoxy groups -OCH3 is 1. The first-order valence-corrected chi connectivity index (χ1v) is 10.8. The smallest absolute Gasteiger partial charge is 0.336 e. The van der Waals surface area contributed by atoms with Crippen LogP contribution < -0.4 is 9.47 Å². The molecule has 0 aliphatic heterocycles. The van der Waals surface area contributed by atoms with Gasteiger partial charge in [-0.15, -0.1) is 11.3 Å². The molecule has 29 heavy (non-hydrogen) atoms. The average Bonchev–Trinajstić information content (AvgIpc) is 3.16. The van der Waals surface area contributed by atoms with Crippen LogP contribution in [-0.2, 0) is 0 Å². The number of thiazole rings is 1. The maximum Gasteiger partial charge on any atom is 0.336 e. The highest BCUT2D eigenvalue weighted by Gasteiger charge is 2.17. The van der Waals surface area contributed by atoms with Gasteiger partial charge in [0.15, 0.2) is 0 Å². The molecule has 154 valence electrons. The minimum atomic E-state index is -0.983. The van der Waals surface area contributed by atoms with Crippen LogP contribution in [-0.4, -0.2) is 29.8 Å². The number of carboxylic acids is 1. The third-order valence-electron chi connectivity index (χ3n) is 5.08. The molecule has 5 nitrogen and oxygen atoms in total. The van der Waals surface area contributed by atoms with Gasteiger partial charge in [0.2, 0.25) is 0 Å². The van der Waals surface area contributed by atoms with Crippen molar-refractivity contribution >= 4 is 27.5 Å². The Morgan fingerprint density at radius 2 is 1.97 bits per heavy atom. The van der Waals surface area contributed by atoms with E-state index < -0.39 is 5.97 Å². The lowest BCUT2D eigenvalue weighted by molar-refractivity contribution is 0.0697. The number of unbranched alkanes of at least 4 members (excludes halogenated alkanes) is 1. The molecule has 1 unspecified atom stereocenters. The maximum atomic E-state index is 11.6. The Kier molecular flexibility index (Phi) is 7.09. The van der Waals surface area contributed by atoms with Crippen LogP contribution in [0.2, 0.25) is 0 Å². The van der Waals surface area contributed by atoms with Crippen molar-refractivity contribution in [3.05, 3.63) is 42.0 Å². The van der Waals surface area contributed by atoms with E-state index in [9.17, 15) is 9.90 Å². The quantitative estimate of drug-likeness (QED) is 0.424. The SMILES string of the molecule is CCCCC(CC)COc1ccc2nc(-c3cc(OC)ccc3C(=O)O)sc2c1. The van der Waals surface area contributed by atoms with Crippen LogP contribution in [0.15, 0.2) is 36.4 Å². The van der Waals surface area contributed by atoms with Crippen LogP contribution >= 0.6 is 11.3 Å². The number of carbonyl (C=O) groups is 1. The summed E-state index contributed by atoms with van der Waals surface area (Å²) in [6, 6.07) is 10.8. The molecule has 0 saturated heterocycles. The first-order valence-electron chi connectivity index (χ1n) is 10.0. The van der Waals surface area contributed by atoms with Crippen LogP contribution in [0.25, 0.3) is 20.8 Å². The molecule has 0 saturated carbocycles. The summed E-state index contributed by atoms with van der Waals surface area (Å²) in [5, 5.41) is 10.2. The number of rotatable bonds is 10. The number of ether oxygens (including phenoxy) is 2. The molecular formula is C23H27NO4S. The number of carboxylic acid groups (broad SMARTS) is 1. The summed E-state index contributed by atoms with van der Waals surface area (Å²) in [5.74, 6) is 1.01. The second-order valence-electron chi connectivity index (χ2n) is 7.09. The average molecular weight is 414 g/mol. The zero-order chi connectivity index (χ0) is 20.8. The largest absolute Gasteiger partial charge is 0.497 e. The van der Waals surface area contributed by atoms with Gasteiger partial charge in [-0.1, -0.05) is 33.1 Å². The molecule has 0 aliphatic rings. The third-order valence-corrected chi connectivity index (χ3v) is 6.13. The Morgan fingerprint density at radius 1 is 1.17 bits per heavy atom. The molecule has 0 aliphatic carbocycles. The molecular weight excluding hydrogens is 386 g/mol. The lowest BCUT2D eigenvalue weighted by Crippen LogP contribution is -2.11. The van der Waals surface area contributed by atoms with E-state index in [1.165, 1.54) is 30.6 Å². The number of fused-ring (bicyclic) bond motifs is 1. The van der Waals surface area contributed by atoms with Gasteiger partial charge in [0.05, 0.1) is 29.5 Å². The van der Waals surface area contributed by atoms with Gasteiger partial charge in [-0.25, -0.2) is 9.78 Å². The van der Waals surface area contributed by atoms with Crippen molar-refractivity contribution in [1.29, 1.82) is 0 Å². The van der Waals surface area contributed by atoms with Crippen LogP contribution in [0.3, 0.4) is 0 Å². The van der Waals surface area contributed by atoms with Gasteiger partial charge in [0.25, 0.3) is 0 Å². The number of hydrogen-bond acceptors (Lipinski definition) is 5. The summed E-state index contributed by atoms with van der Waals surface area (Å²) < 4.78 is 12.3. The minimum absolute atomic E-state index is 0.211. The van der Waals surface area contributed by atoms with Gasteiger partial charge >= 0.3 is 5.97 Å². The molecule has 1 N–H and O–H groups in total. The number of aromatic nitrogens is 1. The highest BCUT2D eigenvalue weighted by Crippen LogP contribution is 2.36. The molecule has 0 amide bonds. The van der Waals surface area contributed by atoms with Crippen LogP contribution in [0.4, 0.5) is 0 Å². The van der Waals surface area contributed by atoms with Gasteiger partial charge in [-0.3, -0.25) is 0 Å². The van der Waals surface area contributed by atoms with E-state index in [4.69, 9.17) is 9.47 Å². The first-order chi connectivity index (χ1) is 14.0. The number of aromatic carboxylic acids is 1. The molecule has 3 rings (SSSR count). The molecule has 0 radical (unpaired) electrons. The van der Waals surface area contributed by atoms with Crippen molar-refractivity contribution in [2.45, 2.75) is 39.5 Å². The number of nitrogens with zero attached hydrogens (tertiary/aromatic N) is 1. The van der Waals surface area contributed by atoms with Crippen LogP contribution in [0.1, 0.15) is 49.9 Å². The zero-order valence-electron chi connectivity index (χ0n) is 17.1. The fraction of sp³-hybridized carbons (Fsp3) is 0.391. The van der Waals surface area contributed by atoms with E-state index in [2.05, 4.69) is 18.8 Å². The van der Waals surface area contributed by atoms with Crippen molar-refractivity contribution in [3.8, 4) is 22.1 Å². The molecule has 6 heteroatoms. The Hall–Kier alpha value is -2.60. The van der Waals surface area contributed by atoms with Gasteiger partial charge in [-0.05, 0) is 48.7 Å². The first kappa shape index (κ1) is 21.1. The lowest BCUT2D eigenvalue weighted by Gasteiger charge is -2.15. The fourth-order valence-electron chi connectivity index (χ4n) is 3.24. The topological polar surface area (TPSA) is 68.7 Å². The van der Waals surface area contributed by atoms with Crippen molar-refractivity contribution < 1.29 is 19.4 Å². The van der Waals surface area contributed by atoms with Crippen molar-refractivity contribution in [1.82, 2.24) is 4.98 Å². The van der Waals surface area contributed by atoms with E-state index >= 15 is 0 Å². The monoisotopic (exact) mass is 413 g/mol. The zero-order valence-corrected chi connectivity index (χ0v) is 17.9. The maximum absolute atomic E-state index is 11.6. The summed E-state index contributed by atoms with van der Waals surface area (Å²) >= 11 is 1.46. The van der Waals surface area contributed by atoms with E-state index in [0.717, 1.165) is 22.4 Å². The highest BCUT2D eigenvalue weighted by atomic mass is 32.1. The Labute approximate surface area is 175 Å². The summed E-state index contributed by atoms with van der Waals surface area (Å²) in [4.78, 5) is 16.3. The predicted molar refractivity (Wildman–Crippen MR) is 117 cm³/mol. The second-order valence-corrected chi connectivity index (χ2v) is 8.12. The van der Waals surface area contributed by atoms with Gasteiger partial charge < -0.3 is 14.6 Å². The van der Waals surface area contributed by atoms with E-state index in [1.54, 1.807) is 25.3 Å². The molecule has 0 bridgehead atoms. The highest BCUT2D eigenvalue weighted by molar-refractivity contribution is 7.21. The fourth-order valence-corrected chi connectivity index (χ4v) is 4.26. The normalized spacial score (nSPS) is 12.1. The molecule has 0 spiro atoms. The minimum Gasteiger partial charge on any atom is -0.497 e. The van der Waals surface area contributed by atoms with Gasteiger partial charge in [-0.2, -0.15) is 0 Å². The van der Waals surface area contributed by atoms with E-state index in [-0.39, 0.29) is 5.56 Å². The predicted octanol–water partition coefficient (Wildman–Crippen LogP) is 6.27. The van der Waals surface area contributed by atoms with Gasteiger partial charge in [0, 0.05) is 5.56 Å². The third kappa shape index (κ3) is 5.07. The summed E-state index contributed by atoms with van der Waals surface area (Å²) in [6.45, 7) is 5.13. The lowest BCUT2D eigenvalue weighted by atomic mass is 10.0. The molecule has 3 aromatic rings. The molecule has 2 aromatic carbocycles. The van der Waals surface area contributed by atoms with Crippen LogP contribution in [0.5, 0.6) is 11.5 Å². The molecule has 0 fully saturated rings. The van der Waals surface area contributed by atoms with Crippen molar-refractivity contribution in [2.24, 2.45) is 5.92 Å². The Morgan fingerprint density at radius 3 is 2.66 bits per heavy atom. The summed E-state index contributed by atoms with van der Waals surface area (Å²) in [7, 11) is 1.56. The van der Waals surface area contributed by atoms with Gasteiger partial charge in [0.1, 0.15) is 16.5 Å². The summed E-state index contributed by atoms with van der Waals surface area (Å²) in [5.41, 5.74) is 1.60. The molecule has 1 atom stereocenters. The molecule has 1 heterocycles. The standard InChI is InChI=1S/C23H27NO4S/c1-4-6-7-15(5-2)14-28-17-9-11-20-21(13-17)29-22(24-20)19-12-16(27-3)8-10-18(19)23(25)26/h8-13,15H,4-7,14H2,1-3H3,(H,25,26). The number of benzene rings is 2. The van der Waals surface area contributed by atoms with Crippen molar-refractivity contribution in [3.63, 3.8) is 0 Å². The number of hydrogen-bond donors (Lipinski definition) is 1. The Bertz CT molecular complexity index is 982. The van der Waals surface area contributed by atoms with E-state index in [1.807, 2.05) is 18.2 Å². The second kappa shape index (κ2) is 9.74. The Balaban J connectivity index is 1.85. The van der Waals surface area contributed by atoms with Crippen LogP contribution in [0, 0.1) is 5.92 Å².